The Morgan fingerprint density at radius 3 is 2.96 bits per heavy atom. The molecule has 1 aromatic heterocycles. The molecular weight excluding hydrogens is 308 g/mol. The lowest BCUT2D eigenvalue weighted by atomic mass is 10.1. The summed E-state index contributed by atoms with van der Waals surface area (Å²) in [4.78, 5) is 28.6. The second-order valence-electron chi connectivity index (χ2n) is 5.64. The number of carbonyl (C=O) groups excluding carboxylic acids is 2. The van der Waals surface area contributed by atoms with Crippen molar-refractivity contribution in [1.29, 1.82) is 0 Å². The van der Waals surface area contributed by atoms with Gasteiger partial charge in [-0.25, -0.2) is 19.1 Å². The number of nitrogens with zero attached hydrogens (tertiary/aromatic N) is 2. The molecule has 126 valence electrons. The molecule has 0 bridgehead atoms. The minimum absolute atomic E-state index is 0.0212. The number of anilines is 1. The van der Waals surface area contributed by atoms with Gasteiger partial charge < -0.3 is 10.1 Å². The zero-order valence-electron chi connectivity index (χ0n) is 13.5. The molecule has 3 rings (SSSR count). The first kappa shape index (κ1) is 16.0. The molecule has 1 aliphatic carbocycles. The van der Waals surface area contributed by atoms with Crippen LogP contribution in [0.3, 0.4) is 0 Å². The second-order valence-corrected chi connectivity index (χ2v) is 5.64. The predicted molar refractivity (Wildman–Crippen MR) is 91.1 cm³/mol. The predicted octanol–water partition coefficient (Wildman–Crippen LogP) is 3.27. The van der Waals surface area contributed by atoms with Gasteiger partial charge >= 0.3 is 12.1 Å². The zero-order valence-corrected chi connectivity index (χ0v) is 13.5. The number of imidazole rings is 1. The van der Waals surface area contributed by atoms with Crippen molar-refractivity contribution in [2.75, 3.05) is 12.4 Å². The Bertz CT molecular complexity index is 781. The Labute approximate surface area is 139 Å². The first-order chi connectivity index (χ1) is 11.7. The van der Waals surface area contributed by atoms with Crippen LogP contribution in [0.4, 0.5) is 15.5 Å². The summed E-state index contributed by atoms with van der Waals surface area (Å²) >= 11 is 0. The summed E-state index contributed by atoms with van der Waals surface area (Å²) in [5.74, 6) is 0.137. The van der Waals surface area contributed by atoms with Gasteiger partial charge in [-0.05, 0) is 31.4 Å². The van der Waals surface area contributed by atoms with Crippen LogP contribution in [-0.4, -0.2) is 34.8 Å². The monoisotopic (exact) mass is 328 g/mol. The number of hydrogen-bond donors (Lipinski definition) is 2. The molecule has 1 atom stereocenters. The first-order valence-corrected chi connectivity index (χ1v) is 7.99. The van der Waals surface area contributed by atoms with Crippen LogP contribution in [0, 0.1) is 0 Å². The molecular formula is C17H20N4O3. The van der Waals surface area contributed by atoms with Gasteiger partial charge in [-0.15, -0.1) is 0 Å². The van der Waals surface area contributed by atoms with Gasteiger partial charge in [0.15, 0.2) is 0 Å². The van der Waals surface area contributed by atoms with Crippen molar-refractivity contribution >= 4 is 29.1 Å². The first-order valence-electron chi connectivity index (χ1n) is 7.99. The van der Waals surface area contributed by atoms with Gasteiger partial charge in [0.1, 0.15) is 0 Å². The summed E-state index contributed by atoms with van der Waals surface area (Å²) in [7, 11) is 1.26. The second kappa shape index (κ2) is 7.16. The Balaban J connectivity index is 1.92. The highest BCUT2D eigenvalue weighted by molar-refractivity contribution is 5.96. The van der Waals surface area contributed by atoms with Crippen LogP contribution in [0.1, 0.15) is 25.7 Å². The number of carbonyl (C=O) groups is 2. The molecule has 1 unspecified atom stereocenters. The van der Waals surface area contributed by atoms with Gasteiger partial charge in [0.25, 0.3) is 0 Å². The van der Waals surface area contributed by atoms with Gasteiger partial charge in [0, 0.05) is 6.04 Å². The number of methoxy groups -OCH3 is 1. The van der Waals surface area contributed by atoms with E-state index in [1.807, 2.05) is 18.2 Å². The third-order valence-electron chi connectivity index (χ3n) is 3.98. The Morgan fingerprint density at radius 2 is 2.12 bits per heavy atom. The number of fused-ring (bicyclic) bond motifs is 1. The summed E-state index contributed by atoms with van der Waals surface area (Å²) in [5.41, 5.74) is 1.24. The van der Waals surface area contributed by atoms with Gasteiger partial charge in [-0.1, -0.05) is 30.7 Å². The molecule has 0 saturated carbocycles. The van der Waals surface area contributed by atoms with Crippen molar-refractivity contribution in [2.45, 2.75) is 31.7 Å². The van der Waals surface area contributed by atoms with Crippen LogP contribution in [0.15, 0.2) is 36.4 Å². The average molecular weight is 328 g/mol. The lowest BCUT2D eigenvalue weighted by Gasteiger charge is -2.15. The molecule has 0 aliphatic heterocycles. The number of benzene rings is 1. The Hall–Kier alpha value is -2.83. The largest absolute Gasteiger partial charge is 0.453 e. The molecule has 2 aromatic rings. The quantitative estimate of drug-likeness (QED) is 0.829. The van der Waals surface area contributed by atoms with Crippen LogP contribution in [0.25, 0.3) is 11.0 Å². The van der Waals surface area contributed by atoms with E-state index in [0.29, 0.717) is 11.0 Å². The molecule has 1 aromatic carbocycles. The highest BCUT2D eigenvalue weighted by Gasteiger charge is 2.20. The van der Waals surface area contributed by atoms with E-state index in [0.717, 1.165) is 25.7 Å². The number of rotatable bonds is 2. The van der Waals surface area contributed by atoms with Crippen molar-refractivity contribution in [3.63, 3.8) is 0 Å². The number of para-hydroxylation sites is 2. The SMILES string of the molecule is COC(=O)Nc1nc2ccccc2n1C(=O)NC1C=CCCCC1. The minimum Gasteiger partial charge on any atom is -0.453 e. The maximum atomic E-state index is 12.8. The van der Waals surface area contributed by atoms with Gasteiger partial charge in [-0.2, -0.15) is 0 Å². The van der Waals surface area contributed by atoms with Gasteiger partial charge in [0.2, 0.25) is 5.95 Å². The lowest BCUT2D eigenvalue weighted by molar-refractivity contribution is 0.186. The summed E-state index contributed by atoms with van der Waals surface area (Å²) in [6.07, 6.45) is 7.58. The topological polar surface area (TPSA) is 85.2 Å². The van der Waals surface area contributed by atoms with Crippen LogP contribution < -0.4 is 10.6 Å². The van der Waals surface area contributed by atoms with Crippen molar-refractivity contribution in [3.8, 4) is 0 Å². The van der Waals surface area contributed by atoms with E-state index in [-0.39, 0.29) is 18.0 Å². The van der Waals surface area contributed by atoms with E-state index in [9.17, 15) is 9.59 Å². The van der Waals surface area contributed by atoms with Crippen LogP contribution in [0.5, 0.6) is 0 Å². The van der Waals surface area contributed by atoms with E-state index in [2.05, 4.69) is 26.4 Å². The number of nitrogens with one attached hydrogen (secondary N) is 2. The van der Waals surface area contributed by atoms with E-state index in [4.69, 9.17) is 0 Å². The standard InChI is InChI=1S/C17H20N4O3/c1-24-17(23)20-15-19-13-10-6-7-11-14(13)21(15)16(22)18-12-8-4-2-3-5-9-12/h4,6-8,10-12H,2-3,5,9H2,1H3,(H,18,22)(H,19,20,23). The Kier molecular flexibility index (Phi) is 4.79. The van der Waals surface area contributed by atoms with Crippen molar-refractivity contribution in [3.05, 3.63) is 36.4 Å². The zero-order chi connectivity index (χ0) is 16.9. The van der Waals surface area contributed by atoms with Gasteiger partial charge in [-0.3, -0.25) is 5.32 Å². The maximum absolute atomic E-state index is 12.8. The fourth-order valence-corrected chi connectivity index (χ4v) is 2.78. The smallest absolute Gasteiger partial charge is 0.413 e. The number of hydrogen-bond acceptors (Lipinski definition) is 4. The van der Waals surface area contributed by atoms with Crippen LogP contribution in [0.2, 0.25) is 0 Å². The van der Waals surface area contributed by atoms with Gasteiger partial charge in [0.05, 0.1) is 18.1 Å². The highest BCUT2D eigenvalue weighted by Crippen LogP contribution is 2.20. The molecule has 24 heavy (non-hydrogen) atoms. The number of allylic oxidation sites excluding steroid dienone is 1. The molecule has 0 fully saturated rings. The Morgan fingerprint density at radius 1 is 1.29 bits per heavy atom. The fourth-order valence-electron chi connectivity index (χ4n) is 2.78. The molecule has 7 nitrogen and oxygen atoms in total. The van der Waals surface area contributed by atoms with Crippen molar-refractivity contribution < 1.29 is 14.3 Å². The molecule has 1 aliphatic rings. The summed E-state index contributed by atoms with van der Waals surface area (Å²) < 4.78 is 5.97. The van der Waals surface area contributed by atoms with E-state index >= 15 is 0 Å². The third kappa shape index (κ3) is 3.40. The third-order valence-corrected chi connectivity index (χ3v) is 3.98. The summed E-state index contributed by atoms with van der Waals surface area (Å²) in [6, 6.07) is 6.87. The van der Waals surface area contributed by atoms with Crippen molar-refractivity contribution in [2.24, 2.45) is 0 Å². The van der Waals surface area contributed by atoms with E-state index < -0.39 is 6.09 Å². The van der Waals surface area contributed by atoms with Crippen LogP contribution >= 0.6 is 0 Å². The molecule has 2 N–H and O–H groups in total. The lowest BCUT2D eigenvalue weighted by Crippen LogP contribution is -2.37. The number of aromatic nitrogens is 2. The molecule has 0 spiro atoms. The van der Waals surface area contributed by atoms with E-state index in [1.54, 1.807) is 12.1 Å². The fraction of sp³-hybridized carbons (Fsp3) is 0.353. The number of ether oxygens (including phenoxy) is 1. The minimum atomic E-state index is -0.672. The summed E-state index contributed by atoms with van der Waals surface area (Å²) in [6.45, 7) is 0. The highest BCUT2D eigenvalue weighted by atomic mass is 16.5. The molecule has 0 radical (unpaired) electrons. The molecule has 0 saturated heterocycles. The van der Waals surface area contributed by atoms with E-state index in [1.165, 1.54) is 11.7 Å². The number of amides is 2. The molecule has 7 heteroatoms. The average Bonchev–Trinajstić information content (AvgIpc) is 2.75. The maximum Gasteiger partial charge on any atom is 0.413 e. The van der Waals surface area contributed by atoms with Crippen molar-refractivity contribution in [1.82, 2.24) is 14.9 Å². The van der Waals surface area contributed by atoms with Crippen LogP contribution in [-0.2, 0) is 4.74 Å². The normalized spacial score (nSPS) is 17.3. The molecule has 1 heterocycles. The summed E-state index contributed by atoms with van der Waals surface area (Å²) in [5, 5.41) is 5.48. The molecule has 2 amide bonds.